The molecular formula is C30H25Cl2F4N5O5. The number of amides is 2. The molecule has 1 fully saturated rings. The normalized spacial score (nSPS) is 19.0. The van der Waals surface area contributed by atoms with Gasteiger partial charge in [-0.2, -0.15) is 18.3 Å². The Hall–Kier alpha value is -4.14. The van der Waals surface area contributed by atoms with Crippen molar-refractivity contribution in [3.05, 3.63) is 69.2 Å². The molecule has 4 N–H and O–H groups in total. The molecule has 46 heavy (non-hydrogen) atoms. The molecule has 0 spiro atoms. The van der Waals surface area contributed by atoms with E-state index in [0.717, 1.165) is 31.0 Å². The molecule has 1 aliphatic carbocycles. The highest BCUT2D eigenvalue weighted by molar-refractivity contribution is 6.35. The van der Waals surface area contributed by atoms with Crippen LogP contribution in [0.25, 0.3) is 22.2 Å². The van der Waals surface area contributed by atoms with Gasteiger partial charge in [0.05, 0.1) is 35.4 Å². The number of rotatable bonds is 8. The lowest BCUT2D eigenvalue weighted by Crippen LogP contribution is -2.51. The number of nitrogens with one attached hydrogen (secondary N) is 1. The number of nitrogens with two attached hydrogens (primary N) is 1. The number of aliphatic hydroxyl groups is 1. The lowest BCUT2D eigenvalue weighted by Gasteiger charge is -2.31. The van der Waals surface area contributed by atoms with Crippen molar-refractivity contribution >= 4 is 45.9 Å². The number of hydrogen-bond donors (Lipinski definition) is 3. The van der Waals surface area contributed by atoms with E-state index in [9.17, 15) is 32.3 Å². The Bertz CT molecular complexity index is 1910. The van der Waals surface area contributed by atoms with Crippen LogP contribution in [0, 0.1) is 5.82 Å². The zero-order valence-electron chi connectivity index (χ0n) is 24.1. The molecule has 6 rings (SSSR count). The van der Waals surface area contributed by atoms with Crippen molar-refractivity contribution in [3.63, 3.8) is 0 Å². The number of pyridine rings is 1. The monoisotopic (exact) mass is 681 g/mol. The van der Waals surface area contributed by atoms with Gasteiger partial charge in [0.15, 0.2) is 5.82 Å². The van der Waals surface area contributed by atoms with Crippen LogP contribution in [0.5, 0.6) is 11.5 Å². The minimum atomic E-state index is -5.41. The predicted molar refractivity (Wildman–Crippen MR) is 159 cm³/mol. The second-order valence-corrected chi connectivity index (χ2v) is 12.3. The van der Waals surface area contributed by atoms with E-state index >= 15 is 0 Å². The maximum Gasteiger partial charge on any atom is 0.424 e. The molecule has 242 valence electrons. The minimum absolute atomic E-state index is 0.0443. The Labute approximate surface area is 268 Å². The number of carbonyl (C=O) groups excluding carboxylic acids is 2. The van der Waals surface area contributed by atoms with Gasteiger partial charge >= 0.3 is 6.18 Å². The maximum atomic E-state index is 14.8. The second-order valence-electron chi connectivity index (χ2n) is 11.5. The third-order valence-corrected chi connectivity index (χ3v) is 8.82. The number of hydrogen-bond acceptors (Lipinski definition) is 7. The lowest BCUT2D eigenvalue weighted by molar-refractivity contribution is -0.265. The van der Waals surface area contributed by atoms with E-state index in [1.165, 1.54) is 26.2 Å². The zero-order valence-corrected chi connectivity index (χ0v) is 25.6. The molecule has 1 unspecified atom stereocenters. The predicted octanol–water partition coefficient (Wildman–Crippen LogP) is 5.20. The van der Waals surface area contributed by atoms with Gasteiger partial charge in [-0.25, -0.2) is 9.37 Å². The van der Waals surface area contributed by atoms with E-state index in [1.807, 2.05) is 0 Å². The number of methoxy groups -OCH3 is 1. The van der Waals surface area contributed by atoms with Gasteiger partial charge in [-0.3, -0.25) is 14.3 Å². The molecule has 2 atom stereocenters. The van der Waals surface area contributed by atoms with Crippen LogP contribution in [0.2, 0.25) is 10.0 Å². The van der Waals surface area contributed by atoms with Crippen LogP contribution in [0.4, 0.5) is 17.6 Å². The SMILES string of the molecule is COc1cc(C(=O)NCC(O)(c2cc3c(c(-c4cc(Cl)c(F)c(Cl)c4)n2)OC[C@]3(C)C(N)=O)C(F)(F)F)cc2cn(C3CC3)nc12. The summed E-state index contributed by atoms with van der Waals surface area (Å²) in [5.74, 6) is -2.76. The fraction of sp³-hybridized carbons (Fsp3) is 0.333. The van der Waals surface area contributed by atoms with Gasteiger partial charge in [0, 0.05) is 28.3 Å². The van der Waals surface area contributed by atoms with Gasteiger partial charge in [0.1, 0.15) is 34.7 Å². The smallest absolute Gasteiger partial charge is 0.424 e. The molecule has 1 aliphatic heterocycles. The van der Waals surface area contributed by atoms with E-state index in [4.69, 9.17) is 38.4 Å². The summed E-state index contributed by atoms with van der Waals surface area (Å²) in [6.07, 6.45) is -1.79. The quantitative estimate of drug-likeness (QED) is 0.171. The molecule has 2 amide bonds. The first-order valence-corrected chi connectivity index (χ1v) is 14.6. The third kappa shape index (κ3) is 5.17. The average molecular weight is 682 g/mol. The molecule has 2 aliphatic rings. The fourth-order valence-corrected chi connectivity index (χ4v) is 5.75. The lowest BCUT2D eigenvalue weighted by atomic mass is 9.81. The Balaban J connectivity index is 1.42. The molecule has 10 nitrogen and oxygen atoms in total. The summed E-state index contributed by atoms with van der Waals surface area (Å²) >= 11 is 11.9. The van der Waals surface area contributed by atoms with Crippen LogP contribution >= 0.6 is 23.2 Å². The van der Waals surface area contributed by atoms with Crippen molar-refractivity contribution in [2.45, 2.75) is 43.0 Å². The van der Waals surface area contributed by atoms with Gasteiger partial charge in [-0.1, -0.05) is 23.2 Å². The van der Waals surface area contributed by atoms with Gasteiger partial charge in [-0.15, -0.1) is 0 Å². The molecule has 2 aromatic carbocycles. The largest absolute Gasteiger partial charge is 0.494 e. The molecule has 1 saturated carbocycles. The Morgan fingerprint density at radius 3 is 2.46 bits per heavy atom. The summed E-state index contributed by atoms with van der Waals surface area (Å²) in [4.78, 5) is 29.8. The standard InChI is InChI=1S/C30H25Cl2F4N5O5/c1-28(27(37)43)12-46-25-17(28)9-21(39-24(25)13-6-18(31)22(33)19(32)7-13)29(44,30(34,35)36)11-38-26(42)14-5-15-10-41(16-3-4-16)40-23(15)20(8-14)45-2/h5-10,16,44H,3-4,11-12H2,1-2H3,(H2,37,43)(H,38,42)/t28-,29?/m0/s1. The van der Waals surface area contributed by atoms with Crippen LogP contribution < -0.4 is 20.5 Å². The molecule has 3 heterocycles. The fourth-order valence-electron chi connectivity index (χ4n) is 5.27. The van der Waals surface area contributed by atoms with Gasteiger partial charge < -0.3 is 25.6 Å². The van der Waals surface area contributed by atoms with E-state index in [2.05, 4.69) is 15.4 Å². The van der Waals surface area contributed by atoms with E-state index in [0.29, 0.717) is 10.9 Å². The first kappa shape index (κ1) is 31.8. The average Bonchev–Trinajstić information content (AvgIpc) is 3.67. The molecule has 16 heteroatoms. The number of primary amides is 1. The van der Waals surface area contributed by atoms with Crippen LogP contribution in [0.3, 0.4) is 0 Å². The van der Waals surface area contributed by atoms with Crippen LogP contribution in [-0.4, -0.2) is 58.1 Å². The Morgan fingerprint density at radius 1 is 1.20 bits per heavy atom. The zero-order chi connectivity index (χ0) is 33.3. The summed E-state index contributed by atoms with van der Waals surface area (Å²) < 4.78 is 71.4. The van der Waals surface area contributed by atoms with Gasteiger partial charge in [0.2, 0.25) is 11.5 Å². The van der Waals surface area contributed by atoms with Crippen molar-refractivity contribution in [1.82, 2.24) is 20.1 Å². The number of benzene rings is 2. The third-order valence-electron chi connectivity index (χ3n) is 8.27. The minimum Gasteiger partial charge on any atom is -0.494 e. The second kappa shape index (κ2) is 11.0. The Kier molecular flexibility index (Phi) is 7.60. The van der Waals surface area contributed by atoms with Gasteiger partial charge in [-0.05, 0) is 50.1 Å². The van der Waals surface area contributed by atoms with Crippen LogP contribution in [0.15, 0.2) is 36.5 Å². The van der Waals surface area contributed by atoms with Crippen molar-refractivity contribution in [3.8, 4) is 22.8 Å². The van der Waals surface area contributed by atoms with Crippen LogP contribution in [0.1, 0.15) is 47.4 Å². The molecule has 0 bridgehead atoms. The topological polar surface area (TPSA) is 142 Å². The van der Waals surface area contributed by atoms with Crippen molar-refractivity contribution in [2.24, 2.45) is 5.73 Å². The summed E-state index contributed by atoms with van der Waals surface area (Å²) in [5.41, 5.74) is -0.896. The van der Waals surface area contributed by atoms with Crippen molar-refractivity contribution < 1.29 is 41.7 Å². The van der Waals surface area contributed by atoms with Crippen molar-refractivity contribution in [1.29, 1.82) is 0 Å². The summed E-state index contributed by atoms with van der Waals surface area (Å²) in [5, 5.41) is 17.6. The van der Waals surface area contributed by atoms with Gasteiger partial charge in [0.25, 0.3) is 5.91 Å². The first-order valence-electron chi connectivity index (χ1n) is 13.8. The number of aromatic nitrogens is 3. The summed E-state index contributed by atoms with van der Waals surface area (Å²) in [6.45, 7) is -0.398. The summed E-state index contributed by atoms with van der Waals surface area (Å²) in [7, 11) is 1.37. The van der Waals surface area contributed by atoms with Crippen molar-refractivity contribution in [2.75, 3.05) is 20.3 Å². The highest BCUT2D eigenvalue weighted by Gasteiger charge is 2.57. The first-order chi connectivity index (χ1) is 21.6. The highest BCUT2D eigenvalue weighted by Crippen LogP contribution is 2.48. The maximum absolute atomic E-state index is 14.8. The number of ether oxygens (including phenoxy) is 2. The Morgan fingerprint density at radius 2 is 1.87 bits per heavy atom. The molecule has 2 aromatic heterocycles. The number of fused-ring (bicyclic) bond motifs is 2. The highest BCUT2D eigenvalue weighted by atomic mass is 35.5. The number of alkyl halides is 3. The number of halogens is 6. The molecule has 0 saturated heterocycles. The molecule has 4 aromatic rings. The summed E-state index contributed by atoms with van der Waals surface area (Å²) in [6, 6.07) is 5.98. The molecular weight excluding hydrogens is 657 g/mol. The number of nitrogens with zero attached hydrogens (tertiary/aromatic N) is 3. The van der Waals surface area contributed by atoms with E-state index in [1.54, 1.807) is 10.9 Å². The van der Waals surface area contributed by atoms with E-state index in [-0.39, 0.29) is 46.5 Å². The number of carbonyl (C=O) groups is 2. The molecule has 0 radical (unpaired) electrons. The van der Waals surface area contributed by atoms with E-state index < -0.39 is 57.1 Å². The van der Waals surface area contributed by atoms with Crippen LogP contribution in [-0.2, 0) is 15.8 Å².